The highest BCUT2D eigenvalue weighted by atomic mass is 79.9. The molecule has 0 heterocycles. The molecule has 0 radical (unpaired) electrons. The van der Waals surface area contributed by atoms with Crippen molar-refractivity contribution in [1.29, 1.82) is 0 Å². The van der Waals surface area contributed by atoms with Crippen molar-refractivity contribution in [3.8, 4) is 5.75 Å². The highest BCUT2D eigenvalue weighted by molar-refractivity contribution is 9.11. The molecule has 0 fully saturated rings. The van der Waals surface area contributed by atoms with Crippen molar-refractivity contribution in [2.75, 3.05) is 7.11 Å². The summed E-state index contributed by atoms with van der Waals surface area (Å²) in [6.07, 6.45) is 1.61. The van der Waals surface area contributed by atoms with Gasteiger partial charge >= 0.3 is 0 Å². The molecule has 2 nitrogen and oxygen atoms in total. The number of hydrogen-bond acceptors (Lipinski definition) is 2. The third-order valence-corrected chi connectivity index (χ3v) is 3.56. The van der Waals surface area contributed by atoms with Crippen LogP contribution in [-0.2, 0) is 10.2 Å². The Morgan fingerprint density at radius 1 is 1.50 bits per heavy atom. The van der Waals surface area contributed by atoms with Gasteiger partial charge in [0.25, 0.3) is 0 Å². The lowest BCUT2D eigenvalue weighted by atomic mass is 9.79. The molecule has 0 saturated heterocycles. The van der Waals surface area contributed by atoms with Crippen LogP contribution in [0.4, 0.5) is 0 Å². The van der Waals surface area contributed by atoms with Crippen LogP contribution in [-0.4, -0.2) is 13.4 Å². The number of hydrogen-bond donors (Lipinski definition) is 0. The lowest BCUT2D eigenvalue weighted by molar-refractivity contribution is -0.111. The van der Waals surface area contributed by atoms with E-state index in [2.05, 4.69) is 22.5 Å². The number of halogens is 1. The number of rotatable bonds is 5. The lowest BCUT2D eigenvalue weighted by Gasteiger charge is -2.26. The molecule has 1 atom stereocenters. The van der Waals surface area contributed by atoms with Crippen LogP contribution in [0.1, 0.15) is 18.9 Å². The van der Waals surface area contributed by atoms with Crippen molar-refractivity contribution >= 4 is 22.2 Å². The van der Waals surface area contributed by atoms with Crippen LogP contribution in [0.2, 0.25) is 0 Å². The summed E-state index contributed by atoms with van der Waals surface area (Å²) in [7, 11) is 1.62. The van der Waals surface area contributed by atoms with E-state index in [1.165, 1.54) is 0 Å². The summed E-state index contributed by atoms with van der Waals surface area (Å²) in [6, 6.07) is 7.48. The van der Waals surface area contributed by atoms with E-state index in [1.807, 2.05) is 31.2 Å². The maximum absolute atomic E-state index is 11.3. The Balaban J connectivity index is 3.21. The monoisotopic (exact) mass is 282 g/mol. The van der Waals surface area contributed by atoms with E-state index in [-0.39, 0.29) is 0 Å². The maximum Gasteiger partial charge on any atom is 0.135 e. The summed E-state index contributed by atoms with van der Waals surface area (Å²) in [6.45, 7) is 5.81. The summed E-state index contributed by atoms with van der Waals surface area (Å²) in [5.41, 5.74) is 0.277. The van der Waals surface area contributed by atoms with E-state index < -0.39 is 5.41 Å². The molecule has 3 heteroatoms. The first-order valence-electron chi connectivity index (χ1n) is 5.06. The van der Waals surface area contributed by atoms with E-state index in [9.17, 15) is 4.79 Å². The van der Waals surface area contributed by atoms with E-state index in [1.54, 1.807) is 7.11 Å². The molecule has 0 spiro atoms. The molecular weight excluding hydrogens is 268 g/mol. The van der Waals surface area contributed by atoms with Crippen LogP contribution in [0.3, 0.4) is 0 Å². The van der Waals surface area contributed by atoms with E-state index in [0.29, 0.717) is 10.9 Å². The fraction of sp³-hybridized carbons (Fsp3) is 0.308. The number of allylic oxidation sites excluding steroid dienone is 1. The van der Waals surface area contributed by atoms with Gasteiger partial charge in [-0.3, -0.25) is 0 Å². The molecule has 1 unspecified atom stereocenters. The molecule has 0 aliphatic rings. The molecule has 16 heavy (non-hydrogen) atoms. The third-order valence-electron chi connectivity index (χ3n) is 2.85. The van der Waals surface area contributed by atoms with Gasteiger partial charge in [-0.05, 0) is 24.1 Å². The Bertz CT molecular complexity index is 383. The van der Waals surface area contributed by atoms with Crippen molar-refractivity contribution in [3.05, 3.63) is 40.9 Å². The largest absolute Gasteiger partial charge is 0.497 e. The Morgan fingerprint density at radius 2 is 2.06 bits per heavy atom. The van der Waals surface area contributed by atoms with Gasteiger partial charge in [-0.2, -0.15) is 0 Å². The molecule has 0 bridgehead atoms. The second kappa shape index (κ2) is 5.30. The van der Waals surface area contributed by atoms with Gasteiger partial charge in [-0.1, -0.05) is 41.6 Å². The highest BCUT2D eigenvalue weighted by Crippen LogP contribution is 2.36. The van der Waals surface area contributed by atoms with Crippen LogP contribution in [0.5, 0.6) is 5.75 Å². The van der Waals surface area contributed by atoms with Gasteiger partial charge < -0.3 is 9.53 Å². The number of benzene rings is 1. The van der Waals surface area contributed by atoms with Crippen molar-refractivity contribution in [2.45, 2.75) is 18.8 Å². The standard InChI is InChI=1S/C13H15BrO2/c1-4-13(9-15,10(2)14)11-5-7-12(16-3)8-6-11/h5-9H,2,4H2,1,3H3. The molecule has 1 aromatic carbocycles. The maximum atomic E-state index is 11.3. The van der Waals surface area contributed by atoms with Gasteiger partial charge in [0.05, 0.1) is 12.5 Å². The molecule has 0 aromatic heterocycles. The zero-order valence-corrected chi connectivity index (χ0v) is 11.1. The smallest absolute Gasteiger partial charge is 0.135 e. The van der Waals surface area contributed by atoms with Crippen LogP contribution < -0.4 is 4.74 Å². The average Bonchev–Trinajstić information content (AvgIpc) is 2.32. The third kappa shape index (κ3) is 2.19. The Kier molecular flexibility index (Phi) is 4.30. The minimum absolute atomic E-state index is 0.647. The Labute approximate surface area is 104 Å². The SMILES string of the molecule is C=C(Br)C(C=O)(CC)c1ccc(OC)cc1. The normalized spacial score (nSPS) is 13.9. The average molecular weight is 283 g/mol. The van der Waals surface area contributed by atoms with Gasteiger partial charge in [-0.15, -0.1) is 0 Å². The lowest BCUT2D eigenvalue weighted by Crippen LogP contribution is -2.27. The summed E-state index contributed by atoms with van der Waals surface area (Å²) in [5.74, 6) is 0.778. The highest BCUT2D eigenvalue weighted by Gasteiger charge is 2.32. The van der Waals surface area contributed by atoms with Crippen molar-refractivity contribution in [3.63, 3.8) is 0 Å². The van der Waals surface area contributed by atoms with Gasteiger partial charge in [-0.25, -0.2) is 0 Å². The molecule has 1 rings (SSSR count). The Hall–Kier alpha value is -1.09. The summed E-state index contributed by atoms with van der Waals surface area (Å²) in [4.78, 5) is 11.3. The zero-order chi connectivity index (χ0) is 12.2. The fourth-order valence-electron chi connectivity index (χ4n) is 1.66. The van der Waals surface area contributed by atoms with Gasteiger partial charge in [0, 0.05) is 4.48 Å². The van der Waals surface area contributed by atoms with E-state index >= 15 is 0 Å². The van der Waals surface area contributed by atoms with E-state index in [0.717, 1.165) is 17.6 Å². The number of aldehydes is 1. The molecule has 0 N–H and O–H groups in total. The molecule has 0 saturated carbocycles. The second-order valence-electron chi connectivity index (χ2n) is 3.58. The predicted molar refractivity (Wildman–Crippen MR) is 69.1 cm³/mol. The van der Waals surface area contributed by atoms with Gasteiger partial charge in [0.15, 0.2) is 0 Å². The molecular formula is C13H15BrO2. The number of ether oxygens (including phenoxy) is 1. The number of carbonyl (C=O) groups is 1. The van der Waals surface area contributed by atoms with Crippen LogP contribution >= 0.6 is 15.9 Å². The summed E-state index contributed by atoms with van der Waals surface area (Å²) in [5, 5.41) is 0. The van der Waals surface area contributed by atoms with E-state index in [4.69, 9.17) is 4.74 Å². The number of methoxy groups -OCH3 is 1. The number of carbonyl (C=O) groups excluding carboxylic acids is 1. The van der Waals surface area contributed by atoms with Crippen LogP contribution in [0, 0.1) is 0 Å². The van der Waals surface area contributed by atoms with Crippen molar-refractivity contribution in [2.24, 2.45) is 0 Å². The summed E-state index contributed by atoms with van der Waals surface area (Å²) < 4.78 is 5.77. The second-order valence-corrected chi connectivity index (χ2v) is 4.53. The van der Waals surface area contributed by atoms with Crippen molar-refractivity contribution in [1.82, 2.24) is 0 Å². The quantitative estimate of drug-likeness (QED) is 0.774. The first kappa shape index (κ1) is 13.0. The Morgan fingerprint density at radius 3 is 2.38 bits per heavy atom. The first-order chi connectivity index (χ1) is 7.60. The molecule has 1 aromatic rings. The summed E-state index contributed by atoms with van der Waals surface area (Å²) >= 11 is 3.33. The predicted octanol–water partition coefficient (Wildman–Crippen LogP) is 3.45. The molecule has 0 aliphatic carbocycles. The minimum atomic E-state index is -0.647. The first-order valence-corrected chi connectivity index (χ1v) is 5.85. The topological polar surface area (TPSA) is 26.3 Å². The zero-order valence-electron chi connectivity index (χ0n) is 9.50. The van der Waals surface area contributed by atoms with Crippen LogP contribution in [0.25, 0.3) is 0 Å². The van der Waals surface area contributed by atoms with Gasteiger partial charge in [0.1, 0.15) is 12.0 Å². The minimum Gasteiger partial charge on any atom is -0.497 e. The molecule has 0 amide bonds. The molecule has 0 aliphatic heterocycles. The van der Waals surface area contributed by atoms with Crippen molar-refractivity contribution < 1.29 is 9.53 Å². The fourth-order valence-corrected chi connectivity index (χ4v) is 2.26. The van der Waals surface area contributed by atoms with Crippen LogP contribution in [0.15, 0.2) is 35.3 Å². The molecule has 86 valence electrons. The van der Waals surface area contributed by atoms with Gasteiger partial charge in [0.2, 0.25) is 0 Å².